The standard InChI is InChI=1S/C23H20Cl2FN5O3.2ClH/c1-32-20-8-16-19(9-21(20)33-6-2-5-24)29-13-30-22(16)31-15-10-27-23(28-11-15)34-12-14-3-4-18(26)17(25)7-14;;/h3-4,7-11,13H,2,5-6,12H2,1H3,(H,29,30,31);2*1H. The number of hydrogen-bond acceptors (Lipinski definition) is 8. The molecule has 4 aromatic rings. The molecule has 0 fully saturated rings. The molecule has 1 N–H and O–H groups in total. The molecule has 0 unspecified atom stereocenters. The van der Waals surface area contributed by atoms with Gasteiger partial charge in [0, 0.05) is 17.3 Å². The van der Waals surface area contributed by atoms with Crippen LogP contribution < -0.4 is 19.5 Å². The summed E-state index contributed by atoms with van der Waals surface area (Å²) < 4.78 is 30.1. The Bertz CT molecular complexity index is 1280. The van der Waals surface area contributed by atoms with Crippen LogP contribution in [-0.4, -0.2) is 39.5 Å². The minimum atomic E-state index is -0.484. The molecule has 192 valence electrons. The van der Waals surface area contributed by atoms with E-state index in [4.69, 9.17) is 37.4 Å². The van der Waals surface area contributed by atoms with Gasteiger partial charge in [0.15, 0.2) is 11.5 Å². The summed E-state index contributed by atoms with van der Waals surface area (Å²) in [5.74, 6) is 1.72. The fraction of sp³-hybridized carbons (Fsp3) is 0.217. The lowest BCUT2D eigenvalue weighted by molar-refractivity contribution is 0.280. The van der Waals surface area contributed by atoms with Crippen LogP contribution in [0.5, 0.6) is 17.5 Å². The van der Waals surface area contributed by atoms with E-state index in [-0.39, 0.29) is 42.5 Å². The van der Waals surface area contributed by atoms with Crippen LogP contribution in [0, 0.1) is 5.82 Å². The molecule has 0 amide bonds. The molecule has 0 bridgehead atoms. The summed E-state index contributed by atoms with van der Waals surface area (Å²) in [6, 6.07) is 8.13. The van der Waals surface area contributed by atoms with Crippen molar-refractivity contribution in [2.45, 2.75) is 13.0 Å². The van der Waals surface area contributed by atoms with E-state index in [0.29, 0.717) is 46.6 Å². The monoisotopic (exact) mass is 575 g/mol. The van der Waals surface area contributed by atoms with E-state index in [1.807, 2.05) is 0 Å². The van der Waals surface area contributed by atoms with Gasteiger partial charge in [-0.05, 0) is 30.2 Å². The number of alkyl halides is 1. The van der Waals surface area contributed by atoms with Crippen LogP contribution in [0.25, 0.3) is 10.9 Å². The average Bonchev–Trinajstić information content (AvgIpc) is 2.85. The van der Waals surface area contributed by atoms with Crippen molar-refractivity contribution in [3.8, 4) is 17.5 Å². The maximum Gasteiger partial charge on any atom is 0.316 e. The summed E-state index contributed by atoms with van der Waals surface area (Å²) in [5, 5.41) is 3.95. The number of hydrogen-bond donors (Lipinski definition) is 1. The molecular formula is C23H22Cl4FN5O3. The first-order chi connectivity index (χ1) is 16.6. The summed E-state index contributed by atoms with van der Waals surface area (Å²) in [4.78, 5) is 17.1. The van der Waals surface area contributed by atoms with Crippen molar-refractivity contribution >= 4 is 70.4 Å². The number of benzene rings is 2. The van der Waals surface area contributed by atoms with Gasteiger partial charge in [0.05, 0.1) is 42.3 Å². The summed E-state index contributed by atoms with van der Waals surface area (Å²) in [6.07, 6.45) is 5.30. The van der Waals surface area contributed by atoms with Crippen LogP contribution in [0.15, 0.2) is 49.1 Å². The number of anilines is 2. The van der Waals surface area contributed by atoms with E-state index in [0.717, 1.165) is 11.8 Å². The molecule has 0 atom stereocenters. The number of rotatable bonds is 10. The summed E-state index contributed by atoms with van der Waals surface area (Å²) in [6.45, 7) is 0.625. The predicted octanol–water partition coefficient (Wildman–Crippen LogP) is 6.39. The zero-order valence-corrected chi connectivity index (χ0v) is 22.1. The van der Waals surface area contributed by atoms with E-state index < -0.39 is 5.82 Å². The van der Waals surface area contributed by atoms with Gasteiger partial charge >= 0.3 is 6.01 Å². The highest BCUT2D eigenvalue weighted by Crippen LogP contribution is 2.34. The summed E-state index contributed by atoms with van der Waals surface area (Å²) in [5.41, 5.74) is 1.97. The van der Waals surface area contributed by atoms with Gasteiger partial charge in [-0.25, -0.2) is 24.3 Å². The van der Waals surface area contributed by atoms with Gasteiger partial charge in [-0.1, -0.05) is 17.7 Å². The van der Waals surface area contributed by atoms with Crippen LogP contribution >= 0.6 is 48.0 Å². The second-order valence-corrected chi connectivity index (χ2v) is 7.84. The molecule has 0 saturated heterocycles. The molecule has 2 heterocycles. The molecule has 0 aliphatic carbocycles. The molecule has 0 spiro atoms. The highest BCUT2D eigenvalue weighted by Gasteiger charge is 2.12. The van der Waals surface area contributed by atoms with E-state index >= 15 is 0 Å². The quantitative estimate of drug-likeness (QED) is 0.171. The number of halogens is 5. The lowest BCUT2D eigenvalue weighted by atomic mass is 10.2. The van der Waals surface area contributed by atoms with Gasteiger partial charge in [-0.2, -0.15) is 0 Å². The fourth-order valence-corrected chi connectivity index (χ4v) is 3.35. The first-order valence-corrected chi connectivity index (χ1v) is 11.2. The minimum absolute atomic E-state index is 0. The Labute approximate surface area is 229 Å². The van der Waals surface area contributed by atoms with Crippen molar-refractivity contribution in [1.82, 2.24) is 19.9 Å². The molecule has 2 aromatic carbocycles. The number of nitrogens with zero attached hydrogens (tertiary/aromatic N) is 4. The predicted molar refractivity (Wildman–Crippen MR) is 142 cm³/mol. The van der Waals surface area contributed by atoms with Crippen molar-refractivity contribution in [2.75, 3.05) is 24.9 Å². The highest BCUT2D eigenvalue weighted by molar-refractivity contribution is 6.30. The maximum absolute atomic E-state index is 13.3. The summed E-state index contributed by atoms with van der Waals surface area (Å²) in [7, 11) is 1.57. The van der Waals surface area contributed by atoms with E-state index in [1.54, 1.807) is 37.7 Å². The Kier molecular flexibility index (Phi) is 11.5. The third-order valence-corrected chi connectivity index (χ3v) is 5.26. The van der Waals surface area contributed by atoms with Gasteiger partial charge in [-0.3, -0.25) is 0 Å². The lowest BCUT2D eigenvalue weighted by Gasteiger charge is -2.13. The molecule has 13 heteroatoms. The molecular weight excluding hydrogens is 555 g/mol. The van der Waals surface area contributed by atoms with Gasteiger partial charge < -0.3 is 19.5 Å². The average molecular weight is 577 g/mol. The van der Waals surface area contributed by atoms with Crippen LogP contribution in [-0.2, 0) is 6.61 Å². The second-order valence-electron chi connectivity index (χ2n) is 7.05. The zero-order valence-electron chi connectivity index (χ0n) is 18.9. The molecule has 0 saturated carbocycles. The maximum atomic E-state index is 13.3. The third kappa shape index (κ3) is 7.33. The van der Waals surface area contributed by atoms with Crippen LogP contribution in [0.3, 0.4) is 0 Å². The Morgan fingerprint density at radius 3 is 2.44 bits per heavy atom. The number of aromatic nitrogens is 4. The van der Waals surface area contributed by atoms with Gasteiger partial charge in [0.2, 0.25) is 0 Å². The Balaban J connectivity index is 0.00000228. The number of methoxy groups -OCH3 is 1. The summed E-state index contributed by atoms with van der Waals surface area (Å²) >= 11 is 11.5. The fourth-order valence-electron chi connectivity index (χ4n) is 3.04. The lowest BCUT2D eigenvalue weighted by Crippen LogP contribution is -2.03. The molecule has 36 heavy (non-hydrogen) atoms. The molecule has 4 rings (SSSR count). The highest BCUT2D eigenvalue weighted by atomic mass is 35.5. The normalized spacial score (nSPS) is 10.2. The van der Waals surface area contributed by atoms with Gasteiger partial charge in [0.1, 0.15) is 24.6 Å². The van der Waals surface area contributed by atoms with Crippen molar-refractivity contribution in [1.29, 1.82) is 0 Å². The molecule has 0 aliphatic heterocycles. The Morgan fingerprint density at radius 1 is 0.972 bits per heavy atom. The van der Waals surface area contributed by atoms with Crippen molar-refractivity contribution < 1.29 is 18.6 Å². The smallest absolute Gasteiger partial charge is 0.316 e. The Hall–Kier alpha value is -2.85. The van der Waals surface area contributed by atoms with E-state index in [9.17, 15) is 4.39 Å². The van der Waals surface area contributed by atoms with Gasteiger partial charge in [-0.15, -0.1) is 36.4 Å². The SMILES string of the molecule is COc1cc2c(Nc3cnc(OCc4ccc(F)c(Cl)c4)nc3)ncnc2cc1OCCCCl.Cl.Cl. The van der Waals surface area contributed by atoms with Gasteiger partial charge in [0.25, 0.3) is 0 Å². The topological polar surface area (TPSA) is 91.3 Å². The second kappa shape index (κ2) is 14.0. The van der Waals surface area contributed by atoms with Crippen molar-refractivity contribution in [2.24, 2.45) is 0 Å². The van der Waals surface area contributed by atoms with Crippen LogP contribution in [0.2, 0.25) is 5.02 Å². The third-order valence-electron chi connectivity index (χ3n) is 4.70. The number of ether oxygens (including phenoxy) is 3. The van der Waals surface area contributed by atoms with Crippen LogP contribution in [0.1, 0.15) is 12.0 Å². The van der Waals surface area contributed by atoms with E-state index in [1.165, 1.54) is 18.5 Å². The first kappa shape index (κ1) is 29.4. The molecule has 8 nitrogen and oxygen atoms in total. The van der Waals surface area contributed by atoms with Crippen LogP contribution in [0.4, 0.5) is 15.9 Å². The molecule has 2 aromatic heterocycles. The Morgan fingerprint density at radius 2 is 1.75 bits per heavy atom. The van der Waals surface area contributed by atoms with Crippen molar-refractivity contribution in [3.05, 3.63) is 65.5 Å². The number of nitrogens with one attached hydrogen (secondary N) is 1. The molecule has 0 radical (unpaired) electrons. The van der Waals surface area contributed by atoms with E-state index in [2.05, 4.69) is 25.3 Å². The van der Waals surface area contributed by atoms with Crippen molar-refractivity contribution in [3.63, 3.8) is 0 Å². The molecule has 0 aliphatic rings. The minimum Gasteiger partial charge on any atom is -0.493 e. The first-order valence-electron chi connectivity index (χ1n) is 10.2. The zero-order chi connectivity index (χ0) is 23.9. The largest absolute Gasteiger partial charge is 0.493 e. The number of fused-ring (bicyclic) bond motifs is 1.